The Morgan fingerprint density at radius 1 is 0.894 bits per heavy atom. The Labute approximate surface area is 280 Å². The molecule has 2 aromatic carbocycles. The molecule has 258 valence electrons. The number of nitrogens with zero attached hydrogens (tertiary/aromatic N) is 1. The van der Waals surface area contributed by atoms with Crippen LogP contribution in [0.5, 0.6) is 0 Å². The largest absolute Gasteiger partial charge is 0.444 e. The molecule has 1 aliphatic rings. The molecule has 1 heterocycles. The fourth-order valence-electron chi connectivity index (χ4n) is 4.89. The summed E-state index contributed by atoms with van der Waals surface area (Å²) >= 11 is 0. The highest BCUT2D eigenvalue weighted by molar-refractivity contribution is 6.74. The van der Waals surface area contributed by atoms with Gasteiger partial charge in [0.1, 0.15) is 17.7 Å². The van der Waals surface area contributed by atoms with Crippen LogP contribution in [0.3, 0.4) is 0 Å². The molecule has 47 heavy (non-hydrogen) atoms. The standard InChI is InChI=1S/C35H52N4O7Si/c1-34(2,3)46-33(43)37-28(21-30(40)38-44-23-26-17-13-10-14-18-26)32(42)39-27(24-45-47(7,8)35(4,5)6)19-20-29(39)31(41)36-22-25-15-11-9-12-16-25/h9-18,27-29H,19-24H2,1-8H3,(H,36,41)(H,37,43)(H,38,40)/t27-,28+,29?/m1/s1. The molecule has 3 N–H and O–H groups in total. The van der Waals surface area contributed by atoms with Crippen LogP contribution in [0, 0.1) is 0 Å². The summed E-state index contributed by atoms with van der Waals surface area (Å²) in [6.07, 6.45) is -0.358. The van der Waals surface area contributed by atoms with Gasteiger partial charge < -0.3 is 24.7 Å². The van der Waals surface area contributed by atoms with Gasteiger partial charge in [-0.15, -0.1) is 0 Å². The molecule has 0 aliphatic carbocycles. The van der Waals surface area contributed by atoms with Crippen LogP contribution in [0.1, 0.15) is 71.9 Å². The first-order valence-electron chi connectivity index (χ1n) is 16.2. The number of ether oxygens (including phenoxy) is 1. The average molecular weight is 669 g/mol. The number of likely N-dealkylation sites (tertiary alicyclic amines) is 1. The van der Waals surface area contributed by atoms with Crippen molar-refractivity contribution in [2.45, 2.75) is 116 Å². The van der Waals surface area contributed by atoms with Crippen LogP contribution in [-0.4, -0.2) is 67.4 Å². The number of alkyl carbamates (subject to hydrolysis) is 1. The zero-order valence-electron chi connectivity index (χ0n) is 29.1. The molecule has 0 bridgehead atoms. The first kappa shape index (κ1) is 37.7. The van der Waals surface area contributed by atoms with Crippen molar-refractivity contribution >= 4 is 32.1 Å². The highest BCUT2D eigenvalue weighted by Gasteiger charge is 2.46. The maximum Gasteiger partial charge on any atom is 0.408 e. The van der Waals surface area contributed by atoms with Gasteiger partial charge in [-0.1, -0.05) is 81.4 Å². The molecule has 2 aromatic rings. The lowest BCUT2D eigenvalue weighted by molar-refractivity contribution is -0.145. The lowest BCUT2D eigenvalue weighted by Crippen LogP contribution is -2.58. The lowest BCUT2D eigenvalue weighted by Gasteiger charge is -2.39. The van der Waals surface area contributed by atoms with Crippen LogP contribution in [0.15, 0.2) is 60.7 Å². The molecular formula is C35H52N4O7Si. The van der Waals surface area contributed by atoms with Crippen molar-refractivity contribution in [1.29, 1.82) is 0 Å². The first-order valence-corrected chi connectivity index (χ1v) is 19.1. The van der Waals surface area contributed by atoms with E-state index in [4.69, 9.17) is 14.0 Å². The second-order valence-electron chi connectivity index (χ2n) is 14.5. The minimum Gasteiger partial charge on any atom is -0.444 e. The molecule has 4 amide bonds. The zero-order valence-corrected chi connectivity index (χ0v) is 30.1. The molecule has 1 aliphatic heterocycles. The summed E-state index contributed by atoms with van der Waals surface area (Å²) in [7, 11) is -2.20. The Balaban J connectivity index is 1.84. The number of carbonyl (C=O) groups excluding carboxylic acids is 4. The van der Waals surface area contributed by atoms with Gasteiger partial charge in [0, 0.05) is 6.54 Å². The van der Waals surface area contributed by atoms with Crippen molar-refractivity contribution in [3.63, 3.8) is 0 Å². The second-order valence-corrected chi connectivity index (χ2v) is 19.3. The third-order valence-electron chi connectivity index (χ3n) is 8.46. The minimum atomic E-state index is -2.20. The molecule has 0 radical (unpaired) electrons. The van der Waals surface area contributed by atoms with Gasteiger partial charge in [0.05, 0.1) is 25.7 Å². The van der Waals surface area contributed by atoms with Gasteiger partial charge in [0.25, 0.3) is 0 Å². The summed E-state index contributed by atoms with van der Waals surface area (Å²) in [6, 6.07) is 16.2. The van der Waals surface area contributed by atoms with E-state index >= 15 is 0 Å². The van der Waals surface area contributed by atoms with Crippen molar-refractivity contribution in [2.75, 3.05) is 6.61 Å². The van der Waals surface area contributed by atoms with E-state index in [9.17, 15) is 19.2 Å². The maximum atomic E-state index is 14.4. The van der Waals surface area contributed by atoms with E-state index < -0.39 is 56.4 Å². The number of hydrogen-bond donors (Lipinski definition) is 3. The van der Waals surface area contributed by atoms with Crippen LogP contribution in [0.25, 0.3) is 0 Å². The van der Waals surface area contributed by atoms with Gasteiger partial charge in [-0.2, -0.15) is 0 Å². The van der Waals surface area contributed by atoms with Gasteiger partial charge in [-0.25, -0.2) is 10.3 Å². The topological polar surface area (TPSA) is 135 Å². The molecule has 1 fully saturated rings. The molecule has 1 saturated heterocycles. The Kier molecular flexibility index (Phi) is 13.1. The molecule has 0 aromatic heterocycles. The Bertz CT molecular complexity index is 1340. The van der Waals surface area contributed by atoms with Crippen molar-refractivity contribution in [1.82, 2.24) is 21.0 Å². The van der Waals surface area contributed by atoms with Gasteiger partial charge in [-0.3, -0.25) is 19.2 Å². The van der Waals surface area contributed by atoms with Crippen molar-refractivity contribution in [3.8, 4) is 0 Å². The third-order valence-corrected chi connectivity index (χ3v) is 13.0. The molecular weight excluding hydrogens is 616 g/mol. The fraction of sp³-hybridized carbons (Fsp3) is 0.543. The van der Waals surface area contributed by atoms with Crippen molar-refractivity contribution in [2.24, 2.45) is 0 Å². The molecule has 3 rings (SSSR count). The smallest absolute Gasteiger partial charge is 0.408 e. The van der Waals surface area contributed by atoms with Gasteiger partial charge >= 0.3 is 6.09 Å². The summed E-state index contributed by atoms with van der Waals surface area (Å²) in [5.74, 6) is -1.51. The van der Waals surface area contributed by atoms with E-state index in [0.717, 1.165) is 11.1 Å². The van der Waals surface area contributed by atoms with Gasteiger partial charge in [0.2, 0.25) is 17.7 Å². The SMILES string of the molecule is CC(C)(C)OC(=O)N[C@@H](CC(=O)NOCc1ccccc1)C(=O)N1C(C(=O)NCc2ccccc2)CC[C@@H]1CO[Si](C)(C)C(C)(C)C. The van der Waals surface area contributed by atoms with Crippen molar-refractivity contribution in [3.05, 3.63) is 71.8 Å². The van der Waals surface area contributed by atoms with E-state index in [1.54, 1.807) is 20.8 Å². The van der Waals surface area contributed by atoms with Crippen LogP contribution in [0.4, 0.5) is 4.79 Å². The predicted octanol–water partition coefficient (Wildman–Crippen LogP) is 5.22. The summed E-state index contributed by atoms with van der Waals surface area (Å²) in [5.41, 5.74) is 3.30. The number of nitrogens with one attached hydrogen (secondary N) is 3. The van der Waals surface area contributed by atoms with E-state index in [1.165, 1.54) is 4.90 Å². The highest BCUT2D eigenvalue weighted by Crippen LogP contribution is 2.37. The van der Waals surface area contributed by atoms with E-state index in [0.29, 0.717) is 19.4 Å². The minimum absolute atomic E-state index is 0.0639. The Morgan fingerprint density at radius 2 is 1.49 bits per heavy atom. The quantitative estimate of drug-likeness (QED) is 0.197. The maximum absolute atomic E-state index is 14.4. The van der Waals surface area contributed by atoms with Crippen LogP contribution < -0.4 is 16.1 Å². The molecule has 0 saturated carbocycles. The third kappa shape index (κ3) is 11.8. The van der Waals surface area contributed by atoms with Gasteiger partial charge in [0.15, 0.2) is 8.32 Å². The molecule has 3 atom stereocenters. The predicted molar refractivity (Wildman–Crippen MR) is 182 cm³/mol. The first-order chi connectivity index (χ1) is 22.0. The zero-order chi connectivity index (χ0) is 34.8. The van der Waals surface area contributed by atoms with Crippen LogP contribution in [0.2, 0.25) is 18.1 Å². The fourth-order valence-corrected chi connectivity index (χ4v) is 5.93. The van der Waals surface area contributed by atoms with Crippen LogP contribution in [-0.2, 0) is 41.5 Å². The number of rotatable bonds is 13. The molecule has 0 spiro atoms. The van der Waals surface area contributed by atoms with E-state index in [-0.39, 0.29) is 24.2 Å². The van der Waals surface area contributed by atoms with Crippen LogP contribution >= 0.6 is 0 Å². The van der Waals surface area contributed by atoms with Gasteiger partial charge in [-0.05, 0) is 62.9 Å². The second kappa shape index (κ2) is 16.4. The number of hydroxylamine groups is 1. The monoisotopic (exact) mass is 668 g/mol. The van der Waals surface area contributed by atoms with E-state index in [2.05, 4.69) is 50.0 Å². The molecule has 1 unspecified atom stereocenters. The average Bonchev–Trinajstić information content (AvgIpc) is 3.42. The molecule has 11 nitrogen and oxygen atoms in total. The normalized spacial score (nSPS) is 17.5. The lowest BCUT2D eigenvalue weighted by atomic mass is 10.1. The summed E-state index contributed by atoms with van der Waals surface area (Å²) in [5, 5.41) is 5.49. The number of amides is 4. The Hall–Kier alpha value is -3.74. The number of hydrogen-bond acceptors (Lipinski definition) is 7. The van der Waals surface area contributed by atoms with Crippen molar-refractivity contribution < 1.29 is 33.2 Å². The molecule has 12 heteroatoms. The number of benzene rings is 2. The Morgan fingerprint density at radius 3 is 2.06 bits per heavy atom. The number of carbonyl (C=O) groups is 4. The summed E-state index contributed by atoms with van der Waals surface area (Å²) in [6.45, 7) is 16.4. The summed E-state index contributed by atoms with van der Waals surface area (Å²) in [4.78, 5) is 60.9. The van der Waals surface area contributed by atoms with E-state index in [1.807, 2.05) is 60.7 Å². The highest BCUT2D eigenvalue weighted by atomic mass is 28.4. The summed E-state index contributed by atoms with van der Waals surface area (Å²) < 4.78 is 12.0.